The van der Waals surface area contributed by atoms with E-state index in [0.717, 1.165) is 22.4 Å². The van der Waals surface area contributed by atoms with Gasteiger partial charge in [0.15, 0.2) is 11.5 Å². The number of ether oxygens (including phenoxy) is 2. The number of aromatic nitrogens is 1. The molecule has 0 radical (unpaired) electrons. The van der Waals surface area contributed by atoms with Gasteiger partial charge in [-0.15, -0.1) is 0 Å². The Morgan fingerprint density at radius 2 is 1.66 bits per heavy atom. The molecule has 0 unspecified atom stereocenters. The molecule has 0 atom stereocenters. The molecule has 0 saturated carbocycles. The van der Waals surface area contributed by atoms with Gasteiger partial charge in [-0.3, -0.25) is 4.79 Å². The van der Waals surface area contributed by atoms with Crippen LogP contribution in [-0.4, -0.2) is 18.2 Å². The molecule has 0 aliphatic heterocycles. The highest BCUT2D eigenvalue weighted by Gasteiger charge is 2.13. The highest BCUT2D eigenvalue weighted by Crippen LogP contribution is 2.26. The molecular weight excluding hydrogens is 428 g/mol. The zero-order valence-corrected chi connectivity index (χ0v) is 18.3. The fraction of sp³-hybridized carbons (Fsp3) is 0.120. The molecule has 1 aromatic heterocycles. The minimum atomic E-state index is -0.314. The molecule has 1 amide bonds. The summed E-state index contributed by atoms with van der Waals surface area (Å²) in [5, 5.41) is 7.42. The van der Waals surface area contributed by atoms with Crippen LogP contribution in [0.3, 0.4) is 0 Å². The number of amides is 1. The molecule has 0 fully saturated rings. The van der Waals surface area contributed by atoms with Crippen molar-refractivity contribution in [2.45, 2.75) is 13.5 Å². The van der Waals surface area contributed by atoms with Crippen molar-refractivity contribution in [3.8, 4) is 28.6 Å². The number of aryl methyl sites for hydroxylation is 1. The number of benzene rings is 3. The molecule has 0 spiro atoms. The van der Waals surface area contributed by atoms with E-state index in [1.54, 1.807) is 19.2 Å². The van der Waals surface area contributed by atoms with E-state index in [-0.39, 0.29) is 11.6 Å². The first-order valence-electron chi connectivity index (χ1n) is 9.94. The van der Waals surface area contributed by atoms with E-state index < -0.39 is 0 Å². The molecule has 1 heterocycles. The smallest absolute Gasteiger partial charge is 0.273 e. The van der Waals surface area contributed by atoms with Crippen molar-refractivity contribution in [1.82, 2.24) is 10.5 Å². The first-order valence-corrected chi connectivity index (χ1v) is 10.3. The summed E-state index contributed by atoms with van der Waals surface area (Å²) in [5.41, 5.74) is 2.90. The van der Waals surface area contributed by atoms with Crippen molar-refractivity contribution in [2.75, 3.05) is 7.11 Å². The van der Waals surface area contributed by atoms with Gasteiger partial charge in [-0.05, 0) is 72.6 Å². The fourth-order valence-electron chi connectivity index (χ4n) is 3.04. The fourth-order valence-corrected chi connectivity index (χ4v) is 3.16. The van der Waals surface area contributed by atoms with Crippen LogP contribution in [-0.2, 0) is 6.54 Å². The van der Waals surface area contributed by atoms with Gasteiger partial charge in [0.05, 0.1) is 7.11 Å². The van der Waals surface area contributed by atoms with Gasteiger partial charge in [0, 0.05) is 23.2 Å². The standard InChI is InChI=1S/C25H21ClN2O4/c1-16-13-21(11-12-22(16)26)31-20-7-3-17(4-8-20)15-27-25(29)23-14-24(32-28-23)18-5-9-19(30-2)10-6-18/h3-14H,15H2,1-2H3,(H,27,29). The van der Waals surface area contributed by atoms with Gasteiger partial charge in [-0.25, -0.2) is 0 Å². The van der Waals surface area contributed by atoms with Crippen LogP contribution in [0.5, 0.6) is 17.2 Å². The molecule has 6 nitrogen and oxygen atoms in total. The molecule has 0 saturated heterocycles. The van der Waals surface area contributed by atoms with Gasteiger partial charge in [0.2, 0.25) is 0 Å². The Morgan fingerprint density at radius 1 is 0.969 bits per heavy atom. The summed E-state index contributed by atoms with van der Waals surface area (Å²) >= 11 is 6.05. The van der Waals surface area contributed by atoms with E-state index >= 15 is 0 Å². The SMILES string of the molecule is COc1ccc(-c2cc(C(=O)NCc3ccc(Oc4ccc(Cl)c(C)c4)cc3)no2)cc1. The van der Waals surface area contributed by atoms with E-state index in [1.807, 2.05) is 67.6 Å². The van der Waals surface area contributed by atoms with Crippen molar-refractivity contribution >= 4 is 17.5 Å². The van der Waals surface area contributed by atoms with Crippen LogP contribution in [0.2, 0.25) is 5.02 Å². The Balaban J connectivity index is 1.33. The van der Waals surface area contributed by atoms with E-state index in [9.17, 15) is 4.79 Å². The summed E-state index contributed by atoms with van der Waals surface area (Å²) in [6, 6.07) is 21.9. The Labute approximate surface area is 190 Å². The molecule has 1 N–H and O–H groups in total. The lowest BCUT2D eigenvalue weighted by Crippen LogP contribution is -2.22. The van der Waals surface area contributed by atoms with Crippen molar-refractivity contribution in [3.63, 3.8) is 0 Å². The third-order valence-corrected chi connectivity index (χ3v) is 5.28. The first-order chi connectivity index (χ1) is 15.5. The van der Waals surface area contributed by atoms with Crippen molar-refractivity contribution in [2.24, 2.45) is 0 Å². The van der Waals surface area contributed by atoms with E-state index in [0.29, 0.717) is 28.8 Å². The molecule has 0 bridgehead atoms. The Hall–Kier alpha value is -3.77. The van der Waals surface area contributed by atoms with Crippen LogP contribution in [0.1, 0.15) is 21.6 Å². The second-order valence-corrected chi connectivity index (χ2v) is 7.55. The first kappa shape index (κ1) is 21.5. The number of hydrogen-bond donors (Lipinski definition) is 1. The zero-order valence-electron chi connectivity index (χ0n) is 17.6. The molecule has 162 valence electrons. The van der Waals surface area contributed by atoms with Crippen LogP contribution in [0.25, 0.3) is 11.3 Å². The number of carbonyl (C=O) groups excluding carboxylic acids is 1. The highest BCUT2D eigenvalue weighted by molar-refractivity contribution is 6.31. The molecule has 4 aromatic rings. The lowest BCUT2D eigenvalue weighted by molar-refractivity contribution is 0.0942. The highest BCUT2D eigenvalue weighted by atomic mass is 35.5. The van der Waals surface area contributed by atoms with Gasteiger partial charge in [0.1, 0.15) is 17.2 Å². The normalized spacial score (nSPS) is 10.6. The number of hydrogen-bond acceptors (Lipinski definition) is 5. The Kier molecular flexibility index (Phi) is 6.42. The van der Waals surface area contributed by atoms with E-state index in [2.05, 4.69) is 10.5 Å². The molecule has 0 aliphatic carbocycles. The lowest BCUT2D eigenvalue weighted by Gasteiger charge is -2.08. The van der Waals surface area contributed by atoms with Crippen LogP contribution < -0.4 is 14.8 Å². The number of nitrogens with zero attached hydrogens (tertiary/aromatic N) is 1. The van der Waals surface area contributed by atoms with Crippen LogP contribution in [0, 0.1) is 6.92 Å². The van der Waals surface area contributed by atoms with E-state index in [4.69, 9.17) is 25.6 Å². The molecule has 0 aliphatic rings. The number of rotatable bonds is 7. The van der Waals surface area contributed by atoms with Gasteiger partial charge in [-0.1, -0.05) is 28.9 Å². The molecule has 32 heavy (non-hydrogen) atoms. The second-order valence-electron chi connectivity index (χ2n) is 7.14. The van der Waals surface area contributed by atoms with Crippen molar-refractivity contribution < 1.29 is 18.8 Å². The Morgan fingerprint density at radius 3 is 2.34 bits per heavy atom. The monoisotopic (exact) mass is 448 g/mol. The largest absolute Gasteiger partial charge is 0.497 e. The lowest BCUT2D eigenvalue weighted by atomic mass is 10.1. The minimum absolute atomic E-state index is 0.217. The van der Waals surface area contributed by atoms with Crippen LogP contribution in [0.4, 0.5) is 0 Å². The van der Waals surface area contributed by atoms with Crippen molar-refractivity contribution in [1.29, 1.82) is 0 Å². The quantitative estimate of drug-likeness (QED) is 0.373. The summed E-state index contributed by atoms with van der Waals surface area (Å²) in [7, 11) is 1.60. The summed E-state index contributed by atoms with van der Waals surface area (Å²) in [6.45, 7) is 2.28. The van der Waals surface area contributed by atoms with Gasteiger partial charge < -0.3 is 19.3 Å². The summed E-state index contributed by atoms with van der Waals surface area (Å²) < 4.78 is 16.3. The van der Waals surface area contributed by atoms with Gasteiger partial charge in [0.25, 0.3) is 5.91 Å². The third kappa shape index (κ3) is 5.10. The van der Waals surface area contributed by atoms with E-state index in [1.165, 1.54) is 0 Å². The minimum Gasteiger partial charge on any atom is -0.497 e. The second kappa shape index (κ2) is 9.58. The predicted octanol–water partition coefficient (Wildman–Crippen LogP) is 6.03. The maximum Gasteiger partial charge on any atom is 0.273 e. The molecular formula is C25H21ClN2O4. The molecule has 7 heteroatoms. The maximum atomic E-state index is 12.4. The Bertz CT molecular complexity index is 1220. The molecule has 4 rings (SSSR count). The van der Waals surface area contributed by atoms with Crippen LogP contribution in [0.15, 0.2) is 77.3 Å². The molecule has 3 aromatic carbocycles. The summed E-state index contributed by atoms with van der Waals surface area (Å²) in [5.74, 6) is 2.35. The van der Waals surface area contributed by atoms with Gasteiger partial charge in [-0.2, -0.15) is 0 Å². The third-order valence-electron chi connectivity index (χ3n) is 4.86. The zero-order chi connectivity index (χ0) is 22.5. The summed E-state index contributed by atoms with van der Waals surface area (Å²) in [4.78, 5) is 12.4. The summed E-state index contributed by atoms with van der Waals surface area (Å²) in [6.07, 6.45) is 0. The number of carbonyl (C=O) groups is 1. The number of nitrogens with one attached hydrogen (secondary N) is 1. The predicted molar refractivity (Wildman–Crippen MR) is 122 cm³/mol. The maximum absolute atomic E-state index is 12.4. The van der Waals surface area contributed by atoms with Crippen LogP contribution >= 0.6 is 11.6 Å². The average Bonchev–Trinajstić information content (AvgIpc) is 3.31. The van der Waals surface area contributed by atoms with Crippen molar-refractivity contribution in [3.05, 3.63) is 94.6 Å². The number of halogens is 1. The average molecular weight is 449 g/mol. The van der Waals surface area contributed by atoms with Gasteiger partial charge >= 0.3 is 0 Å². The number of methoxy groups -OCH3 is 1. The topological polar surface area (TPSA) is 73.6 Å².